The van der Waals surface area contributed by atoms with Gasteiger partial charge in [0, 0.05) is 38.6 Å². The van der Waals surface area contributed by atoms with E-state index < -0.39 is 23.5 Å². The molecule has 29 heavy (non-hydrogen) atoms. The first-order valence-corrected chi connectivity index (χ1v) is 9.51. The Morgan fingerprint density at radius 3 is 2.31 bits per heavy atom. The minimum Gasteiger partial charge on any atom is -0.504 e. The van der Waals surface area contributed by atoms with Gasteiger partial charge in [-0.1, -0.05) is 25.3 Å². The van der Waals surface area contributed by atoms with Crippen molar-refractivity contribution in [3.05, 3.63) is 23.8 Å². The number of phenolic OH excluding ortho intramolecular Hbond substituents is 1. The number of rotatable bonds is 5. The molecule has 3 rings (SSSR count). The third-order valence-electron chi connectivity index (χ3n) is 5.63. The van der Waals surface area contributed by atoms with Crippen molar-refractivity contribution in [3.8, 4) is 11.5 Å². The van der Waals surface area contributed by atoms with E-state index in [9.17, 15) is 23.4 Å². The summed E-state index contributed by atoms with van der Waals surface area (Å²) >= 11 is 0. The normalized spacial score (nSPS) is 20.8. The van der Waals surface area contributed by atoms with Crippen LogP contribution in [-0.2, 0) is 0 Å². The van der Waals surface area contributed by atoms with Crippen molar-refractivity contribution in [2.75, 3.05) is 32.7 Å². The van der Waals surface area contributed by atoms with Crippen LogP contribution in [0.1, 0.15) is 43.6 Å². The van der Waals surface area contributed by atoms with Crippen molar-refractivity contribution in [1.29, 1.82) is 0 Å². The SMILES string of the molecule is Cl.Cl.Oc1ccc(C(CN2CCNCC2)C2(O)CCCCC2)cc1OC(F)(F)F. The van der Waals surface area contributed by atoms with Crippen LogP contribution in [0, 0.1) is 0 Å². The van der Waals surface area contributed by atoms with Crippen molar-refractivity contribution in [3.63, 3.8) is 0 Å². The first-order chi connectivity index (χ1) is 12.8. The van der Waals surface area contributed by atoms with Crippen LogP contribution in [0.2, 0.25) is 0 Å². The van der Waals surface area contributed by atoms with Crippen molar-refractivity contribution in [2.45, 2.75) is 50.0 Å². The molecule has 2 aliphatic rings. The summed E-state index contributed by atoms with van der Waals surface area (Å²) in [5.74, 6) is -1.52. The number of alkyl halides is 3. The Bertz CT molecular complexity index is 638. The van der Waals surface area contributed by atoms with Gasteiger partial charge in [-0.25, -0.2) is 0 Å². The van der Waals surface area contributed by atoms with E-state index >= 15 is 0 Å². The van der Waals surface area contributed by atoms with Crippen LogP contribution in [-0.4, -0.2) is 59.8 Å². The molecule has 1 saturated carbocycles. The summed E-state index contributed by atoms with van der Waals surface area (Å²) in [6, 6.07) is 4.04. The molecule has 1 aromatic carbocycles. The van der Waals surface area contributed by atoms with E-state index in [1.54, 1.807) is 6.07 Å². The topological polar surface area (TPSA) is 65.0 Å². The summed E-state index contributed by atoms with van der Waals surface area (Å²) in [4.78, 5) is 2.23. The first kappa shape index (κ1) is 26.1. The highest BCUT2D eigenvalue weighted by atomic mass is 35.5. The number of hydrogen-bond acceptors (Lipinski definition) is 5. The standard InChI is InChI=1S/C19H27F3N2O3.2ClH/c20-19(21,22)27-17-12-14(4-5-16(17)25)15(13-24-10-8-23-9-11-24)18(26)6-2-1-3-7-18;;/h4-5,12,15,23,25-26H,1-3,6-11,13H2;2*1H. The lowest BCUT2D eigenvalue weighted by atomic mass is 9.72. The summed E-state index contributed by atoms with van der Waals surface area (Å²) in [6.07, 6.45) is -0.774. The van der Waals surface area contributed by atoms with Crippen molar-refractivity contribution in [2.24, 2.45) is 0 Å². The minimum absolute atomic E-state index is 0. The maximum Gasteiger partial charge on any atom is 0.573 e. The molecule has 0 amide bonds. The fraction of sp³-hybridized carbons (Fsp3) is 0.684. The predicted molar refractivity (Wildman–Crippen MR) is 109 cm³/mol. The molecule has 1 aliphatic carbocycles. The lowest BCUT2D eigenvalue weighted by Gasteiger charge is -2.42. The molecule has 168 valence electrons. The van der Waals surface area contributed by atoms with Gasteiger partial charge < -0.3 is 25.2 Å². The summed E-state index contributed by atoms with van der Waals surface area (Å²) in [5.41, 5.74) is -0.398. The summed E-state index contributed by atoms with van der Waals surface area (Å²) in [7, 11) is 0. The number of nitrogens with zero attached hydrogens (tertiary/aromatic N) is 1. The third-order valence-corrected chi connectivity index (χ3v) is 5.63. The minimum atomic E-state index is -4.88. The number of phenols is 1. The summed E-state index contributed by atoms with van der Waals surface area (Å²) in [5, 5.41) is 24.4. The van der Waals surface area contributed by atoms with Gasteiger partial charge in [-0.15, -0.1) is 38.0 Å². The lowest BCUT2D eigenvalue weighted by Crippen LogP contribution is -2.49. The smallest absolute Gasteiger partial charge is 0.504 e. The Balaban J connectivity index is 0.00000210. The largest absolute Gasteiger partial charge is 0.573 e. The number of halogens is 5. The number of ether oxygens (including phenoxy) is 1. The Labute approximate surface area is 181 Å². The zero-order chi connectivity index (χ0) is 19.5. The highest BCUT2D eigenvalue weighted by Gasteiger charge is 2.40. The maximum absolute atomic E-state index is 12.7. The van der Waals surface area contributed by atoms with Crippen LogP contribution in [0.25, 0.3) is 0 Å². The van der Waals surface area contributed by atoms with E-state index in [0.29, 0.717) is 24.9 Å². The molecule has 1 heterocycles. The summed E-state index contributed by atoms with van der Waals surface area (Å²) in [6.45, 7) is 3.92. The average molecular weight is 461 g/mol. The fourth-order valence-corrected chi connectivity index (χ4v) is 4.20. The number of piperazine rings is 1. The predicted octanol–water partition coefficient (Wildman–Crippen LogP) is 3.82. The van der Waals surface area contributed by atoms with Crippen LogP contribution in [0.3, 0.4) is 0 Å². The summed E-state index contributed by atoms with van der Waals surface area (Å²) < 4.78 is 42.0. The average Bonchev–Trinajstić information content (AvgIpc) is 2.62. The molecule has 2 fully saturated rings. The highest BCUT2D eigenvalue weighted by Crippen LogP contribution is 2.43. The Morgan fingerprint density at radius 2 is 1.72 bits per heavy atom. The van der Waals surface area contributed by atoms with Gasteiger partial charge in [0.25, 0.3) is 0 Å². The van der Waals surface area contributed by atoms with E-state index in [1.807, 2.05) is 0 Å². The van der Waals surface area contributed by atoms with E-state index in [4.69, 9.17) is 0 Å². The van der Waals surface area contributed by atoms with Gasteiger partial charge in [0.15, 0.2) is 11.5 Å². The second-order valence-electron chi connectivity index (χ2n) is 7.54. The first-order valence-electron chi connectivity index (χ1n) is 9.51. The van der Waals surface area contributed by atoms with E-state index in [-0.39, 0.29) is 30.7 Å². The monoisotopic (exact) mass is 460 g/mol. The van der Waals surface area contributed by atoms with Gasteiger partial charge >= 0.3 is 6.36 Å². The third kappa shape index (κ3) is 7.07. The fourth-order valence-electron chi connectivity index (χ4n) is 4.20. The number of nitrogens with one attached hydrogen (secondary N) is 1. The second-order valence-corrected chi connectivity index (χ2v) is 7.54. The zero-order valence-corrected chi connectivity index (χ0v) is 17.7. The van der Waals surface area contributed by atoms with Gasteiger partial charge in [0.2, 0.25) is 0 Å². The molecule has 10 heteroatoms. The van der Waals surface area contributed by atoms with Gasteiger partial charge in [-0.05, 0) is 30.5 Å². The molecule has 0 radical (unpaired) electrons. The van der Waals surface area contributed by atoms with E-state index in [0.717, 1.165) is 45.4 Å². The van der Waals surface area contributed by atoms with Crippen LogP contribution in [0.5, 0.6) is 11.5 Å². The van der Waals surface area contributed by atoms with Crippen molar-refractivity contribution < 1.29 is 28.1 Å². The molecule has 3 N–H and O–H groups in total. The maximum atomic E-state index is 12.7. The molecule has 1 aromatic rings. The van der Waals surface area contributed by atoms with Gasteiger partial charge in [0.1, 0.15) is 0 Å². The molecule has 0 spiro atoms. The molecule has 1 unspecified atom stereocenters. The molecule has 1 atom stereocenters. The van der Waals surface area contributed by atoms with Gasteiger partial charge in [0.05, 0.1) is 5.60 Å². The van der Waals surface area contributed by atoms with Crippen molar-refractivity contribution in [1.82, 2.24) is 10.2 Å². The lowest BCUT2D eigenvalue weighted by molar-refractivity contribution is -0.275. The van der Waals surface area contributed by atoms with Gasteiger partial charge in [-0.2, -0.15) is 0 Å². The molecule has 1 saturated heterocycles. The number of benzene rings is 1. The second kappa shape index (κ2) is 10.9. The number of aromatic hydroxyl groups is 1. The van der Waals surface area contributed by atoms with Crippen molar-refractivity contribution >= 4 is 24.8 Å². The van der Waals surface area contributed by atoms with Crippen LogP contribution >= 0.6 is 24.8 Å². The molecular formula is C19H29Cl2F3N2O3. The highest BCUT2D eigenvalue weighted by molar-refractivity contribution is 5.85. The van der Waals surface area contributed by atoms with Gasteiger partial charge in [-0.3, -0.25) is 0 Å². The zero-order valence-electron chi connectivity index (χ0n) is 16.1. The van der Waals surface area contributed by atoms with E-state index in [2.05, 4.69) is 15.0 Å². The van der Waals surface area contributed by atoms with Crippen LogP contribution < -0.4 is 10.1 Å². The Morgan fingerprint density at radius 1 is 1.10 bits per heavy atom. The van der Waals surface area contributed by atoms with Crippen LogP contribution in [0.4, 0.5) is 13.2 Å². The Kier molecular flexibility index (Phi) is 9.82. The molecule has 1 aliphatic heterocycles. The molecule has 0 bridgehead atoms. The van der Waals surface area contributed by atoms with E-state index in [1.165, 1.54) is 12.1 Å². The Hall–Kier alpha value is -0.930. The number of hydrogen-bond donors (Lipinski definition) is 3. The number of aliphatic hydroxyl groups is 1. The molecule has 5 nitrogen and oxygen atoms in total. The molecule has 0 aromatic heterocycles. The quantitative estimate of drug-likeness (QED) is 0.623. The molecular weight excluding hydrogens is 432 g/mol. The van der Waals surface area contributed by atoms with Crippen LogP contribution in [0.15, 0.2) is 18.2 Å².